The highest BCUT2D eigenvalue weighted by Gasteiger charge is 2.31. The summed E-state index contributed by atoms with van der Waals surface area (Å²) >= 11 is 0. The maximum Gasteiger partial charge on any atom is 0.420 e. The zero-order valence-electron chi connectivity index (χ0n) is 14.2. The summed E-state index contributed by atoms with van der Waals surface area (Å²) in [7, 11) is 0. The lowest BCUT2D eigenvalue weighted by Gasteiger charge is -2.28. The van der Waals surface area contributed by atoms with E-state index in [1.165, 1.54) is 0 Å². The minimum absolute atomic E-state index is 0.102. The highest BCUT2D eigenvalue weighted by molar-refractivity contribution is 5.88. The number of rotatable bonds is 2. The first kappa shape index (κ1) is 18.0. The molecule has 0 aliphatic carbocycles. The number of nitrogens with zero attached hydrogens (tertiary/aromatic N) is 1. The largest absolute Gasteiger partial charge is 0.443 e. The molecule has 0 saturated heterocycles. The molecule has 2 amide bonds. The van der Waals surface area contributed by atoms with Gasteiger partial charge in [-0.2, -0.15) is 0 Å². The number of hydrogen-bond acceptors (Lipinski definition) is 4. The molecule has 0 aliphatic rings. The zero-order chi connectivity index (χ0) is 17.0. The Morgan fingerprint density at radius 1 is 0.864 bits per heavy atom. The second-order valence-corrected chi connectivity index (χ2v) is 7.03. The molecule has 0 heterocycles. The van der Waals surface area contributed by atoms with Crippen LogP contribution in [0.1, 0.15) is 47.1 Å². The Hall–Kier alpha value is -2.04. The molecular formula is C17H25NO4. The van der Waals surface area contributed by atoms with Gasteiger partial charge in [-0.1, -0.05) is 30.3 Å². The van der Waals surface area contributed by atoms with Crippen LogP contribution in [0.4, 0.5) is 9.59 Å². The van der Waals surface area contributed by atoms with E-state index in [1.807, 2.05) is 30.3 Å². The second kappa shape index (κ2) is 6.81. The van der Waals surface area contributed by atoms with E-state index in [-0.39, 0.29) is 6.54 Å². The van der Waals surface area contributed by atoms with Gasteiger partial charge in [-0.15, -0.1) is 0 Å². The molecule has 122 valence electrons. The van der Waals surface area contributed by atoms with Crippen molar-refractivity contribution in [3.05, 3.63) is 35.9 Å². The number of imide groups is 1. The van der Waals surface area contributed by atoms with Gasteiger partial charge < -0.3 is 9.47 Å². The summed E-state index contributed by atoms with van der Waals surface area (Å²) in [5, 5.41) is 0. The van der Waals surface area contributed by atoms with E-state index in [4.69, 9.17) is 9.47 Å². The Morgan fingerprint density at radius 2 is 1.27 bits per heavy atom. The predicted octanol–water partition coefficient (Wildman–Crippen LogP) is 4.36. The SMILES string of the molecule is CC(C)(C)OC(=O)N(Cc1ccccc1)C(=O)OC(C)(C)C. The number of carbonyl (C=O) groups excluding carboxylic acids is 2. The van der Waals surface area contributed by atoms with Crippen LogP contribution in [-0.2, 0) is 16.0 Å². The number of hydrogen-bond donors (Lipinski definition) is 0. The van der Waals surface area contributed by atoms with Crippen LogP contribution in [0.3, 0.4) is 0 Å². The fourth-order valence-electron chi connectivity index (χ4n) is 1.60. The van der Waals surface area contributed by atoms with Crippen LogP contribution in [0.15, 0.2) is 30.3 Å². The highest BCUT2D eigenvalue weighted by Crippen LogP contribution is 2.16. The number of amides is 2. The summed E-state index contributed by atoms with van der Waals surface area (Å²) in [6, 6.07) is 9.23. The molecule has 0 spiro atoms. The normalized spacial score (nSPS) is 11.7. The smallest absolute Gasteiger partial charge is 0.420 e. The Balaban J connectivity index is 2.94. The first-order valence-corrected chi connectivity index (χ1v) is 7.25. The van der Waals surface area contributed by atoms with Crippen LogP contribution < -0.4 is 0 Å². The molecule has 0 saturated carbocycles. The lowest BCUT2D eigenvalue weighted by molar-refractivity contribution is -0.000243. The maximum absolute atomic E-state index is 12.3. The van der Waals surface area contributed by atoms with Gasteiger partial charge >= 0.3 is 12.2 Å². The quantitative estimate of drug-likeness (QED) is 0.814. The van der Waals surface area contributed by atoms with E-state index < -0.39 is 23.4 Å². The zero-order valence-corrected chi connectivity index (χ0v) is 14.2. The van der Waals surface area contributed by atoms with Gasteiger partial charge in [0, 0.05) is 0 Å². The summed E-state index contributed by atoms with van der Waals surface area (Å²) in [6.45, 7) is 10.6. The van der Waals surface area contributed by atoms with Crippen LogP contribution in [-0.4, -0.2) is 28.3 Å². The predicted molar refractivity (Wildman–Crippen MR) is 84.5 cm³/mol. The van der Waals surface area contributed by atoms with Gasteiger partial charge in [0.15, 0.2) is 0 Å². The molecule has 0 unspecified atom stereocenters. The monoisotopic (exact) mass is 307 g/mol. The van der Waals surface area contributed by atoms with Crippen LogP contribution in [0, 0.1) is 0 Å². The van der Waals surface area contributed by atoms with Crippen molar-refractivity contribution in [2.45, 2.75) is 59.3 Å². The molecule has 0 aliphatic heterocycles. The highest BCUT2D eigenvalue weighted by atomic mass is 16.6. The van der Waals surface area contributed by atoms with Gasteiger partial charge in [0.05, 0.1) is 6.54 Å². The van der Waals surface area contributed by atoms with Gasteiger partial charge in [-0.05, 0) is 47.1 Å². The molecule has 0 aromatic heterocycles. The standard InChI is InChI=1S/C17H25NO4/c1-16(2,3)21-14(19)18(15(20)22-17(4,5)6)12-13-10-8-7-9-11-13/h7-11H,12H2,1-6H3. The molecule has 0 N–H and O–H groups in total. The van der Waals surface area contributed by atoms with Crippen LogP contribution >= 0.6 is 0 Å². The molecule has 5 heteroatoms. The second-order valence-electron chi connectivity index (χ2n) is 7.03. The van der Waals surface area contributed by atoms with Crippen molar-refractivity contribution < 1.29 is 19.1 Å². The van der Waals surface area contributed by atoms with Gasteiger partial charge in [0.1, 0.15) is 11.2 Å². The third kappa shape index (κ3) is 6.61. The van der Waals surface area contributed by atoms with Gasteiger partial charge in [-0.25, -0.2) is 14.5 Å². The van der Waals surface area contributed by atoms with Crippen LogP contribution in [0.25, 0.3) is 0 Å². The topological polar surface area (TPSA) is 55.8 Å². The summed E-state index contributed by atoms with van der Waals surface area (Å²) in [5.74, 6) is 0. The van der Waals surface area contributed by atoms with Gasteiger partial charge in [0.2, 0.25) is 0 Å². The lowest BCUT2D eigenvalue weighted by Crippen LogP contribution is -2.43. The van der Waals surface area contributed by atoms with E-state index in [1.54, 1.807) is 41.5 Å². The van der Waals surface area contributed by atoms with Gasteiger partial charge in [-0.3, -0.25) is 0 Å². The molecule has 0 bridgehead atoms. The molecule has 0 fully saturated rings. The molecular weight excluding hydrogens is 282 g/mol. The molecule has 0 atom stereocenters. The molecule has 22 heavy (non-hydrogen) atoms. The van der Waals surface area contributed by atoms with Crippen molar-refractivity contribution in [1.29, 1.82) is 0 Å². The van der Waals surface area contributed by atoms with Gasteiger partial charge in [0.25, 0.3) is 0 Å². The molecule has 1 aromatic rings. The third-order valence-corrected chi connectivity index (χ3v) is 2.41. The third-order valence-electron chi connectivity index (χ3n) is 2.41. The van der Waals surface area contributed by atoms with E-state index in [0.29, 0.717) is 0 Å². The molecule has 1 aromatic carbocycles. The number of carbonyl (C=O) groups is 2. The van der Waals surface area contributed by atoms with E-state index in [9.17, 15) is 9.59 Å². The van der Waals surface area contributed by atoms with E-state index in [2.05, 4.69) is 0 Å². The van der Waals surface area contributed by atoms with E-state index >= 15 is 0 Å². The molecule has 0 radical (unpaired) electrons. The summed E-state index contributed by atoms with van der Waals surface area (Å²) in [6.07, 6.45) is -1.43. The summed E-state index contributed by atoms with van der Waals surface area (Å²) in [4.78, 5) is 25.6. The first-order chi connectivity index (χ1) is 9.98. The van der Waals surface area contributed by atoms with E-state index in [0.717, 1.165) is 10.5 Å². The van der Waals surface area contributed by atoms with Crippen molar-refractivity contribution in [3.8, 4) is 0 Å². The Kier molecular flexibility index (Phi) is 5.58. The summed E-state index contributed by atoms with van der Waals surface area (Å²) in [5.41, 5.74) is -0.554. The Bertz CT molecular complexity index is 484. The van der Waals surface area contributed by atoms with Crippen LogP contribution in [0.2, 0.25) is 0 Å². The van der Waals surface area contributed by atoms with Crippen molar-refractivity contribution in [2.75, 3.05) is 0 Å². The minimum atomic E-state index is -0.717. The van der Waals surface area contributed by atoms with Crippen LogP contribution in [0.5, 0.6) is 0 Å². The average molecular weight is 307 g/mol. The number of ether oxygens (including phenoxy) is 2. The van der Waals surface area contributed by atoms with Crippen molar-refractivity contribution >= 4 is 12.2 Å². The molecule has 5 nitrogen and oxygen atoms in total. The minimum Gasteiger partial charge on any atom is -0.443 e. The average Bonchev–Trinajstić information content (AvgIpc) is 2.32. The lowest BCUT2D eigenvalue weighted by atomic mass is 10.2. The van der Waals surface area contributed by atoms with Crippen molar-refractivity contribution in [2.24, 2.45) is 0 Å². The Labute approximate surface area is 132 Å². The maximum atomic E-state index is 12.3. The van der Waals surface area contributed by atoms with Crippen molar-refractivity contribution in [3.63, 3.8) is 0 Å². The Morgan fingerprint density at radius 3 is 1.64 bits per heavy atom. The fourth-order valence-corrected chi connectivity index (χ4v) is 1.60. The fraction of sp³-hybridized carbons (Fsp3) is 0.529. The number of benzene rings is 1. The molecule has 1 rings (SSSR count). The van der Waals surface area contributed by atoms with Crippen molar-refractivity contribution in [1.82, 2.24) is 4.90 Å². The first-order valence-electron chi connectivity index (χ1n) is 7.25. The summed E-state index contributed by atoms with van der Waals surface area (Å²) < 4.78 is 10.6.